The lowest BCUT2D eigenvalue weighted by atomic mass is 9.85. The van der Waals surface area contributed by atoms with Gasteiger partial charge in [0.25, 0.3) is 5.91 Å². The monoisotopic (exact) mass is 809 g/mol. The molecule has 2 aliphatic heterocycles. The molecule has 2 heterocycles. The zero-order valence-electron chi connectivity index (χ0n) is 32.4. The van der Waals surface area contributed by atoms with Gasteiger partial charge in [-0.15, -0.1) is 0 Å². The Bertz CT molecular complexity index is 2120. The largest absolute Gasteiger partial charge is 0.449 e. The van der Waals surface area contributed by atoms with Crippen molar-refractivity contribution in [1.82, 2.24) is 20.3 Å². The summed E-state index contributed by atoms with van der Waals surface area (Å²) >= 11 is 0. The molecule has 13 nitrogen and oxygen atoms in total. The summed E-state index contributed by atoms with van der Waals surface area (Å²) in [6.45, 7) is 7.11. The van der Waals surface area contributed by atoms with E-state index in [1.54, 1.807) is 20.8 Å². The molecule has 57 heavy (non-hydrogen) atoms. The van der Waals surface area contributed by atoms with Gasteiger partial charge in [0.15, 0.2) is 0 Å². The summed E-state index contributed by atoms with van der Waals surface area (Å²) in [6.07, 6.45) is 1.88. The first kappa shape index (κ1) is 40.3. The SMILES string of the molecule is C[C@@H]1CCC/C=C\c2ccc3c(c2)/C(=N/O[C@@H]2C[C@@H](C(=O)N[C@@]4(C(=O)NS(=O)(=O)C5CC5)C[C@H]4C(F)F)N(C2)C(=O)[C@H](C(C)(C)C)NC(=O)OC1)c1ccccc1-3. The molecule has 1 saturated heterocycles. The number of allylic oxidation sites excluding steroid dienone is 1. The number of nitrogens with zero attached hydrogens (tertiary/aromatic N) is 2. The number of alkyl halides is 2. The lowest BCUT2D eigenvalue weighted by molar-refractivity contribution is -0.143. The summed E-state index contributed by atoms with van der Waals surface area (Å²) in [6, 6.07) is 11.3. The number of rotatable bonds is 6. The van der Waals surface area contributed by atoms with Gasteiger partial charge in [-0.05, 0) is 72.6 Å². The van der Waals surface area contributed by atoms with Crippen LogP contribution in [-0.4, -0.2) is 91.4 Å². The maximum Gasteiger partial charge on any atom is 0.407 e. The van der Waals surface area contributed by atoms with Crippen LogP contribution in [0.15, 0.2) is 53.7 Å². The van der Waals surface area contributed by atoms with Crippen LogP contribution in [-0.2, 0) is 34.0 Å². The van der Waals surface area contributed by atoms with Gasteiger partial charge in [-0.1, -0.05) is 81.4 Å². The van der Waals surface area contributed by atoms with E-state index in [4.69, 9.17) is 9.57 Å². The van der Waals surface area contributed by atoms with Gasteiger partial charge in [-0.2, -0.15) is 0 Å². The third-order valence-electron chi connectivity index (χ3n) is 11.4. The fraction of sp³-hybridized carbons (Fsp3) is 0.537. The molecular weight excluding hydrogens is 761 g/mol. The number of benzene rings is 2. The van der Waals surface area contributed by atoms with E-state index in [1.807, 2.05) is 60.2 Å². The fourth-order valence-corrected chi connectivity index (χ4v) is 9.24. The molecule has 0 unspecified atom stereocenters. The molecule has 3 N–H and O–H groups in total. The normalized spacial score (nSPS) is 29.4. The van der Waals surface area contributed by atoms with Crippen LogP contribution in [0.2, 0.25) is 0 Å². The third kappa shape index (κ3) is 8.42. The molecule has 7 rings (SSSR count). The Hall–Kier alpha value is -4.86. The van der Waals surface area contributed by atoms with Gasteiger partial charge >= 0.3 is 6.09 Å². The Morgan fingerprint density at radius 3 is 2.44 bits per heavy atom. The highest BCUT2D eigenvalue weighted by molar-refractivity contribution is 7.91. The van der Waals surface area contributed by atoms with Crippen molar-refractivity contribution in [2.24, 2.45) is 22.4 Å². The van der Waals surface area contributed by atoms with Crippen molar-refractivity contribution >= 4 is 45.6 Å². The number of oxime groups is 1. The predicted octanol–water partition coefficient (Wildman–Crippen LogP) is 5.13. The minimum Gasteiger partial charge on any atom is -0.449 e. The second kappa shape index (κ2) is 15.5. The van der Waals surface area contributed by atoms with Crippen LogP contribution in [0.25, 0.3) is 17.2 Å². The number of amides is 4. The number of carbonyl (C=O) groups excluding carboxylic acids is 4. The van der Waals surface area contributed by atoms with E-state index in [1.165, 1.54) is 4.90 Å². The average molecular weight is 810 g/mol. The number of sulfonamides is 1. The number of nitrogens with one attached hydrogen (secondary N) is 3. The lowest BCUT2D eigenvalue weighted by Gasteiger charge is -2.35. The Morgan fingerprint density at radius 2 is 1.75 bits per heavy atom. The molecule has 3 aliphatic carbocycles. The van der Waals surface area contributed by atoms with Crippen LogP contribution < -0.4 is 15.4 Å². The van der Waals surface area contributed by atoms with Gasteiger partial charge < -0.3 is 25.1 Å². The molecule has 0 radical (unpaired) electrons. The van der Waals surface area contributed by atoms with Gasteiger partial charge in [-0.25, -0.2) is 22.0 Å². The fourth-order valence-electron chi connectivity index (χ4n) is 7.88. The number of hydrogen-bond donors (Lipinski definition) is 3. The highest BCUT2D eigenvalue weighted by atomic mass is 32.2. The Kier molecular flexibility index (Phi) is 11.0. The molecule has 5 aliphatic rings. The Morgan fingerprint density at radius 1 is 1.04 bits per heavy atom. The van der Waals surface area contributed by atoms with Crippen LogP contribution in [0.3, 0.4) is 0 Å². The van der Waals surface area contributed by atoms with Crippen LogP contribution in [0.5, 0.6) is 0 Å². The number of hydrogen-bond acceptors (Lipinski definition) is 9. The first-order valence-corrected chi connectivity index (χ1v) is 21.1. The van der Waals surface area contributed by atoms with Crippen LogP contribution in [0.1, 0.15) is 89.3 Å². The molecule has 4 amide bonds. The number of ether oxygens (including phenoxy) is 1. The Labute approximate surface area is 331 Å². The van der Waals surface area contributed by atoms with E-state index in [-0.39, 0.29) is 25.5 Å². The molecule has 3 fully saturated rings. The average Bonchev–Trinajstić information content (AvgIpc) is 4.07. The second-order valence-corrected chi connectivity index (χ2v) is 19.0. The van der Waals surface area contributed by atoms with Gasteiger partial charge in [0.2, 0.25) is 28.3 Å². The predicted molar refractivity (Wildman–Crippen MR) is 207 cm³/mol. The van der Waals surface area contributed by atoms with Crippen molar-refractivity contribution in [3.63, 3.8) is 0 Å². The number of fused-ring (bicyclic) bond motifs is 6. The van der Waals surface area contributed by atoms with E-state index in [0.717, 1.165) is 47.1 Å². The molecule has 0 aromatic heterocycles. The number of cyclic esters (lactones) is 1. The topological polar surface area (TPSA) is 173 Å². The maximum atomic E-state index is 14.6. The van der Waals surface area contributed by atoms with Crippen molar-refractivity contribution in [1.29, 1.82) is 0 Å². The van der Waals surface area contributed by atoms with Gasteiger partial charge in [0.05, 0.1) is 24.3 Å². The number of alkyl carbamates (subject to hydrolysis) is 1. The molecule has 306 valence electrons. The lowest BCUT2D eigenvalue weighted by Crippen LogP contribution is -2.60. The maximum absolute atomic E-state index is 14.6. The third-order valence-corrected chi connectivity index (χ3v) is 13.3. The van der Waals surface area contributed by atoms with Crippen LogP contribution in [0.4, 0.5) is 13.6 Å². The standard InChI is InChI=1S/C41H49F2N5O8S/c1-23-10-6-5-7-11-24-14-17-28-27-12-8-9-13-29(27)33(30(28)18-24)46-56-25-19-32(48(21-25)37(50)34(40(2,3)4)44-39(52)55-22-23)36(49)45-41(20-31(41)35(42)43)38(51)47-57(53,54)26-15-16-26/h7-9,11-14,17-18,23,25-26,31-32,34-35H,5-6,10,15-16,19-22H2,1-4H3,(H,44,52)(H,45,49)(H,47,51)/b11-7-,46-33+/t23-,25-,31+,32+,34-,41+/m1/s1. The summed E-state index contributed by atoms with van der Waals surface area (Å²) in [5, 5.41) is 8.93. The van der Waals surface area contributed by atoms with E-state index < -0.39 is 87.0 Å². The first-order valence-electron chi connectivity index (χ1n) is 19.5. The molecule has 4 bridgehead atoms. The minimum atomic E-state index is -4.13. The Balaban J connectivity index is 1.23. The summed E-state index contributed by atoms with van der Waals surface area (Å²) in [7, 11) is -4.13. The molecule has 2 aromatic rings. The molecule has 6 atom stereocenters. The zero-order chi connectivity index (χ0) is 40.9. The van der Waals surface area contributed by atoms with Crippen molar-refractivity contribution in [3.8, 4) is 11.1 Å². The first-order chi connectivity index (χ1) is 27.0. The van der Waals surface area contributed by atoms with Crippen molar-refractivity contribution < 1.29 is 46.0 Å². The minimum absolute atomic E-state index is 0.0344. The van der Waals surface area contributed by atoms with E-state index in [2.05, 4.69) is 21.9 Å². The smallest absolute Gasteiger partial charge is 0.407 e. The van der Waals surface area contributed by atoms with Crippen LogP contribution in [0, 0.1) is 17.3 Å². The van der Waals surface area contributed by atoms with E-state index >= 15 is 0 Å². The van der Waals surface area contributed by atoms with Gasteiger partial charge in [-0.3, -0.25) is 19.1 Å². The highest BCUT2D eigenvalue weighted by Crippen LogP contribution is 2.48. The van der Waals surface area contributed by atoms with Gasteiger partial charge in [0, 0.05) is 17.5 Å². The molecule has 16 heteroatoms. The quantitative estimate of drug-likeness (QED) is 0.308. The summed E-state index contributed by atoms with van der Waals surface area (Å²) < 4.78 is 61.1. The second-order valence-electron chi connectivity index (χ2n) is 17.0. The van der Waals surface area contributed by atoms with Gasteiger partial charge in [0.1, 0.15) is 29.4 Å². The summed E-state index contributed by atoms with van der Waals surface area (Å²) in [4.78, 5) is 62.7. The van der Waals surface area contributed by atoms with E-state index in [0.29, 0.717) is 18.6 Å². The van der Waals surface area contributed by atoms with Crippen molar-refractivity contribution in [2.75, 3.05) is 13.2 Å². The van der Waals surface area contributed by atoms with Crippen LogP contribution >= 0.6 is 0 Å². The highest BCUT2D eigenvalue weighted by Gasteiger charge is 2.67. The molecule has 2 aromatic carbocycles. The summed E-state index contributed by atoms with van der Waals surface area (Å²) in [5.74, 6) is -4.48. The van der Waals surface area contributed by atoms with Crippen molar-refractivity contribution in [3.05, 3.63) is 65.2 Å². The zero-order valence-corrected chi connectivity index (χ0v) is 33.2. The molecule has 2 saturated carbocycles. The number of halogens is 2. The van der Waals surface area contributed by atoms with Crippen molar-refractivity contribution in [2.45, 2.75) is 108 Å². The summed E-state index contributed by atoms with van der Waals surface area (Å²) in [5.41, 5.74) is 2.01. The molecule has 0 spiro atoms. The number of carbonyl (C=O) groups is 4. The van der Waals surface area contributed by atoms with E-state index in [9.17, 15) is 36.4 Å². The molecular formula is C41H49F2N5O8S.